The Morgan fingerprint density at radius 3 is 2.41 bits per heavy atom. The van der Waals surface area contributed by atoms with Crippen molar-refractivity contribution in [2.75, 3.05) is 45.4 Å². The third kappa shape index (κ3) is 14.8. The summed E-state index contributed by atoms with van der Waals surface area (Å²) in [6.45, 7) is 9.02. The number of nitrogens with one attached hydrogen (secondary N) is 2. The second-order valence-corrected chi connectivity index (χ2v) is 8.21. The van der Waals surface area contributed by atoms with E-state index in [1.54, 1.807) is 7.05 Å². The van der Waals surface area contributed by atoms with Crippen LogP contribution in [0, 0.1) is 5.41 Å². The lowest BCUT2D eigenvalue weighted by atomic mass is 9.90. The maximum Gasteiger partial charge on any atom is 0.190 e. The van der Waals surface area contributed by atoms with Crippen molar-refractivity contribution in [3.63, 3.8) is 0 Å². The molecule has 0 aliphatic carbocycles. The normalized spacial score (nSPS) is 12.7. The zero-order chi connectivity index (χ0) is 16.4. The molecule has 0 atom stereocenters. The Kier molecular flexibility index (Phi) is 13.6. The van der Waals surface area contributed by atoms with Gasteiger partial charge in [-0.25, -0.2) is 8.42 Å². The maximum atomic E-state index is 11.2. The van der Waals surface area contributed by atoms with Gasteiger partial charge in [0.1, 0.15) is 9.84 Å². The molecule has 0 aromatic carbocycles. The minimum absolute atomic E-state index is 0. The minimum atomic E-state index is -2.91. The first-order chi connectivity index (χ1) is 9.70. The van der Waals surface area contributed by atoms with Gasteiger partial charge < -0.3 is 15.4 Å². The van der Waals surface area contributed by atoms with E-state index in [4.69, 9.17) is 4.74 Å². The topological polar surface area (TPSA) is 79.8 Å². The quantitative estimate of drug-likeness (QED) is 0.230. The van der Waals surface area contributed by atoms with Gasteiger partial charge >= 0.3 is 0 Å². The highest BCUT2D eigenvalue weighted by molar-refractivity contribution is 14.0. The largest absolute Gasteiger partial charge is 0.382 e. The van der Waals surface area contributed by atoms with Gasteiger partial charge in [-0.1, -0.05) is 13.8 Å². The molecule has 0 amide bonds. The van der Waals surface area contributed by atoms with E-state index in [1.807, 2.05) is 20.8 Å². The number of rotatable bonds is 10. The third-order valence-corrected chi connectivity index (χ3v) is 4.02. The summed E-state index contributed by atoms with van der Waals surface area (Å²) < 4.78 is 27.7. The van der Waals surface area contributed by atoms with Gasteiger partial charge in [-0.05, 0) is 25.2 Å². The molecule has 0 spiro atoms. The monoisotopic (exact) mass is 449 g/mol. The molecule has 0 unspecified atom stereocenters. The van der Waals surface area contributed by atoms with Gasteiger partial charge in [0.05, 0.1) is 5.75 Å². The van der Waals surface area contributed by atoms with E-state index < -0.39 is 9.84 Å². The summed E-state index contributed by atoms with van der Waals surface area (Å²) in [5.41, 5.74) is -0.105. The number of halogens is 1. The summed E-state index contributed by atoms with van der Waals surface area (Å²) in [6, 6.07) is 0. The highest BCUT2D eigenvalue weighted by Crippen LogP contribution is 2.19. The number of ether oxygens (including phenoxy) is 1. The van der Waals surface area contributed by atoms with Gasteiger partial charge in [-0.2, -0.15) is 0 Å². The maximum absolute atomic E-state index is 11.2. The summed E-state index contributed by atoms with van der Waals surface area (Å²) in [5.74, 6) is 0.946. The van der Waals surface area contributed by atoms with Crippen LogP contribution in [0.15, 0.2) is 4.99 Å². The number of nitrogens with zero attached hydrogens (tertiary/aromatic N) is 1. The van der Waals surface area contributed by atoms with E-state index in [9.17, 15) is 8.42 Å². The van der Waals surface area contributed by atoms with Crippen molar-refractivity contribution >= 4 is 39.8 Å². The lowest BCUT2D eigenvalue weighted by molar-refractivity contribution is 0.145. The van der Waals surface area contributed by atoms with Crippen LogP contribution in [0.2, 0.25) is 0 Å². The van der Waals surface area contributed by atoms with Crippen LogP contribution in [0.4, 0.5) is 0 Å². The highest BCUT2D eigenvalue weighted by atomic mass is 127. The number of guanidine groups is 1. The van der Waals surface area contributed by atoms with E-state index in [0.717, 1.165) is 32.1 Å². The Morgan fingerprint density at radius 2 is 1.91 bits per heavy atom. The first-order valence-electron chi connectivity index (χ1n) is 7.40. The van der Waals surface area contributed by atoms with Crippen LogP contribution in [-0.4, -0.2) is 59.7 Å². The van der Waals surface area contributed by atoms with Crippen molar-refractivity contribution in [1.82, 2.24) is 10.6 Å². The van der Waals surface area contributed by atoms with E-state index in [0.29, 0.717) is 13.0 Å². The summed E-state index contributed by atoms with van der Waals surface area (Å²) in [5, 5.41) is 6.45. The first-order valence-corrected chi connectivity index (χ1v) is 9.46. The van der Waals surface area contributed by atoms with Gasteiger partial charge in [0.25, 0.3) is 0 Å². The summed E-state index contributed by atoms with van der Waals surface area (Å²) >= 11 is 0. The van der Waals surface area contributed by atoms with Gasteiger partial charge in [-0.3, -0.25) is 4.99 Å². The Morgan fingerprint density at radius 1 is 1.27 bits per heavy atom. The molecule has 0 fully saturated rings. The predicted octanol–water partition coefficient (Wildman–Crippen LogP) is 1.66. The molecule has 0 saturated heterocycles. The zero-order valence-electron chi connectivity index (χ0n) is 14.4. The van der Waals surface area contributed by atoms with Crippen molar-refractivity contribution in [3.05, 3.63) is 0 Å². The Hall–Kier alpha value is -0.0900. The summed E-state index contributed by atoms with van der Waals surface area (Å²) in [7, 11) is -1.19. The first kappa shape index (κ1) is 24.2. The molecule has 0 aromatic rings. The van der Waals surface area contributed by atoms with Crippen molar-refractivity contribution in [2.45, 2.75) is 33.6 Å². The van der Waals surface area contributed by atoms with Gasteiger partial charge in [0, 0.05) is 39.6 Å². The molecule has 0 radical (unpaired) electrons. The Balaban J connectivity index is 0. The third-order valence-electron chi connectivity index (χ3n) is 3.07. The van der Waals surface area contributed by atoms with Crippen LogP contribution in [0.3, 0.4) is 0 Å². The molecule has 134 valence electrons. The number of hydrogen-bond acceptors (Lipinski definition) is 4. The number of hydrogen-bond donors (Lipinski definition) is 2. The van der Waals surface area contributed by atoms with Crippen molar-refractivity contribution < 1.29 is 13.2 Å². The molecule has 0 saturated carbocycles. The van der Waals surface area contributed by atoms with Crippen LogP contribution >= 0.6 is 24.0 Å². The van der Waals surface area contributed by atoms with Crippen LogP contribution in [-0.2, 0) is 14.6 Å². The average Bonchev–Trinajstić information content (AvgIpc) is 2.39. The Labute approximate surface area is 152 Å². The smallest absolute Gasteiger partial charge is 0.190 e. The molecule has 0 aliphatic heterocycles. The van der Waals surface area contributed by atoms with Crippen molar-refractivity contribution in [3.8, 4) is 0 Å². The number of sulfone groups is 1. The number of aliphatic imine (C=N–C) groups is 1. The van der Waals surface area contributed by atoms with Crippen LogP contribution in [0.25, 0.3) is 0 Å². The molecule has 0 heterocycles. The van der Waals surface area contributed by atoms with E-state index in [1.165, 1.54) is 6.26 Å². The molecule has 0 aliphatic rings. The standard InChI is InChI=1S/C14H31N3O3S.HI/c1-6-20-10-7-9-16-13(15-4)17-12-14(2,3)8-11-21(5,18)19;/h6-12H2,1-5H3,(H2,15,16,17);1H. The predicted molar refractivity (Wildman–Crippen MR) is 104 cm³/mol. The fraction of sp³-hybridized carbons (Fsp3) is 0.929. The second-order valence-electron chi connectivity index (χ2n) is 5.95. The fourth-order valence-corrected chi connectivity index (χ4v) is 2.54. The van der Waals surface area contributed by atoms with Gasteiger partial charge in [0.15, 0.2) is 5.96 Å². The average molecular weight is 449 g/mol. The van der Waals surface area contributed by atoms with Gasteiger partial charge in [-0.15, -0.1) is 24.0 Å². The van der Waals surface area contributed by atoms with Crippen molar-refractivity contribution in [1.29, 1.82) is 0 Å². The van der Waals surface area contributed by atoms with Crippen molar-refractivity contribution in [2.24, 2.45) is 10.4 Å². The zero-order valence-corrected chi connectivity index (χ0v) is 17.6. The molecule has 22 heavy (non-hydrogen) atoms. The SMILES string of the molecule is CCOCCCNC(=NC)NCC(C)(C)CCS(C)(=O)=O.I. The molecule has 0 aromatic heterocycles. The van der Waals surface area contributed by atoms with Gasteiger partial charge in [0.2, 0.25) is 0 Å². The van der Waals surface area contributed by atoms with Crippen LogP contribution < -0.4 is 10.6 Å². The van der Waals surface area contributed by atoms with Crippen LogP contribution in [0.5, 0.6) is 0 Å². The van der Waals surface area contributed by atoms with E-state index >= 15 is 0 Å². The molecule has 6 nitrogen and oxygen atoms in total. The van der Waals surface area contributed by atoms with E-state index in [-0.39, 0.29) is 35.1 Å². The molecular formula is C14H32IN3O3S. The minimum Gasteiger partial charge on any atom is -0.382 e. The summed E-state index contributed by atoms with van der Waals surface area (Å²) in [4.78, 5) is 4.15. The molecule has 0 bridgehead atoms. The fourth-order valence-electron chi connectivity index (χ4n) is 1.62. The molecule has 2 N–H and O–H groups in total. The molecular weight excluding hydrogens is 417 g/mol. The lowest BCUT2D eigenvalue weighted by Gasteiger charge is -2.25. The molecule has 0 rings (SSSR count). The lowest BCUT2D eigenvalue weighted by Crippen LogP contribution is -2.42. The van der Waals surface area contributed by atoms with Crippen LogP contribution in [0.1, 0.15) is 33.6 Å². The highest BCUT2D eigenvalue weighted by Gasteiger charge is 2.20. The second kappa shape index (κ2) is 12.3. The summed E-state index contributed by atoms with van der Waals surface area (Å²) in [6.07, 6.45) is 2.82. The van der Waals surface area contributed by atoms with E-state index in [2.05, 4.69) is 15.6 Å². The Bertz CT molecular complexity index is 412. The molecule has 8 heteroatoms.